The van der Waals surface area contributed by atoms with Crippen molar-refractivity contribution >= 4 is 0 Å². The second kappa shape index (κ2) is 4.49. The molecule has 17 heavy (non-hydrogen) atoms. The SMILES string of the molecule is CC1CC1CNCc1cc(=O)n(C)c(=O)n1C. The van der Waals surface area contributed by atoms with Crippen molar-refractivity contribution in [3.63, 3.8) is 0 Å². The molecule has 1 fully saturated rings. The van der Waals surface area contributed by atoms with E-state index in [4.69, 9.17) is 0 Å². The zero-order valence-corrected chi connectivity index (χ0v) is 10.6. The van der Waals surface area contributed by atoms with E-state index in [9.17, 15) is 9.59 Å². The summed E-state index contributed by atoms with van der Waals surface area (Å²) < 4.78 is 2.64. The van der Waals surface area contributed by atoms with Crippen molar-refractivity contribution in [3.05, 3.63) is 32.6 Å². The maximum Gasteiger partial charge on any atom is 0.330 e. The molecule has 1 saturated carbocycles. The van der Waals surface area contributed by atoms with Gasteiger partial charge in [-0.15, -0.1) is 0 Å². The number of nitrogens with one attached hydrogen (secondary N) is 1. The Bertz CT molecular complexity index is 530. The van der Waals surface area contributed by atoms with E-state index in [0.717, 1.165) is 28.6 Å². The van der Waals surface area contributed by atoms with Crippen molar-refractivity contribution in [2.45, 2.75) is 19.9 Å². The predicted octanol–water partition coefficient (Wildman–Crippen LogP) is -0.170. The van der Waals surface area contributed by atoms with Crippen LogP contribution in [0.15, 0.2) is 15.7 Å². The van der Waals surface area contributed by atoms with Gasteiger partial charge in [0.15, 0.2) is 0 Å². The third-order valence-electron chi connectivity index (χ3n) is 3.61. The molecule has 0 spiro atoms. The lowest BCUT2D eigenvalue weighted by Crippen LogP contribution is -2.39. The van der Waals surface area contributed by atoms with Crippen LogP contribution in [-0.4, -0.2) is 15.7 Å². The molecule has 1 heterocycles. The van der Waals surface area contributed by atoms with Crippen LogP contribution in [-0.2, 0) is 20.6 Å². The van der Waals surface area contributed by atoms with Gasteiger partial charge in [0.2, 0.25) is 0 Å². The summed E-state index contributed by atoms with van der Waals surface area (Å²) in [4.78, 5) is 23.2. The van der Waals surface area contributed by atoms with Crippen LogP contribution in [0, 0.1) is 11.8 Å². The predicted molar refractivity (Wildman–Crippen MR) is 65.9 cm³/mol. The van der Waals surface area contributed by atoms with Crippen molar-refractivity contribution in [2.24, 2.45) is 25.9 Å². The standard InChI is InChI=1S/C12H19N3O2/c1-8-4-9(8)6-13-7-10-5-11(16)15(3)12(17)14(10)2/h5,8-9,13H,4,6-7H2,1-3H3. The molecule has 5 nitrogen and oxygen atoms in total. The van der Waals surface area contributed by atoms with Gasteiger partial charge in [-0.1, -0.05) is 6.92 Å². The van der Waals surface area contributed by atoms with Crippen LogP contribution in [0.1, 0.15) is 19.0 Å². The second-order valence-corrected chi connectivity index (χ2v) is 4.98. The molecular formula is C12H19N3O2. The Labute approximate surface area is 100 Å². The van der Waals surface area contributed by atoms with Crippen molar-refractivity contribution < 1.29 is 0 Å². The summed E-state index contributed by atoms with van der Waals surface area (Å²) >= 11 is 0. The Kier molecular flexibility index (Phi) is 3.19. The van der Waals surface area contributed by atoms with Crippen LogP contribution >= 0.6 is 0 Å². The van der Waals surface area contributed by atoms with Gasteiger partial charge in [-0.3, -0.25) is 13.9 Å². The van der Waals surface area contributed by atoms with Gasteiger partial charge >= 0.3 is 5.69 Å². The minimum absolute atomic E-state index is 0.246. The molecule has 1 N–H and O–H groups in total. The summed E-state index contributed by atoms with van der Waals surface area (Å²) in [6.07, 6.45) is 1.28. The molecule has 5 heteroatoms. The molecule has 94 valence electrons. The van der Waals surface area contributed by atoms with Gasteiger partial charge in [0.05, 0.1) is 0 Å². The van der Waals surface area contributed by atoms with Crippen LogP contribution in [0.25, 0.3) is 0 Å². The highest BCUT2D eigenvalue weighted by Crippen LogP contribution is 2.36. The molecule has 1 aliphatic carbocycles. The highest BCUT2D eigenvalue weighted by molar-refractivity contribution is 5.02. The Balaban J connectivity index is 2.05. The molecular weight excluding hydrogens is 218 g/mol. The highest BCUT2D eigenvalue weighted by Gasteiger charge is 2.31. The summed E-state index contributed by atoms with van der Waals surface area (Å²) in [7, 11) is 3.19. The first-order chi connectivity index (χ1) is 8.00. The first-order valence-corrected chi connectivity index (χ1v) is 5.97. The van der Waals surface area contributed by atoms with E-state index in [-0.39, 0.29) is 11.2 Å². The van der Waals surface area contributed by atoms with Gasteiger partial charge in [-0.2, -0.15) is 0 Å². The lowest BCUT2D eigenvalue weighted by atomic mass is 10.3. The van der Waals surface area contributed by atoms with Crippen molar-refractivity contribution in [1.29, 1.82) is 0 Å². The van der Waals surface area contributed by atoms with Crippen molar-refractivity contribution in [1.82, 2.24) is 14.5 Å². The molecule has 2 unspecified atom stereocenters. The summed E-state index contributed by atoms with van der Waals surface area (Å²) in [5.41, 5.74) is 0.227. The average Bonchev–Trinajstić information content (AvgIpc) is 2.99. The van der Waals surface area contributed by atoms with Crippen LogP contribution < -0.4 is 16.6 Å². The molecule has 1 aliphatic rings. The zero-order valence-electron chi connectivity index (χ0n) is 10.6. The smallest absolute Gasteiger partial charge is 0.311 e. The van der Waals surface area contributed by atoms with Crippen LogP contribution in [0.2, 0.25) is 0 Å². The largest absolute Gasteiger partial charge is 0.330 e. The molecule has 2 atom stereocenters. The molecule has 1 aromatic heterocycles. The fourth-order valence-corrected chi connectivity index (χ4v) is 2.02. The first kappa shape index (κ1) is 12.1. The normalized spacial score (nSPS) is 22.8. The quantitative estimate of drug-likeness (QED) is 0.791. The lowest BCUT2D eigenvalue weighted by molar-refractivity contribution is 0.570. The minimum Gasteiger partial charge on any atom is -0.311 e. The maximum absolute atomic E-state index is 11.7. The number of aromatic nitrogens is 2. The zero-order chi connectivity index (χ0) is 12.6. The number of hydrogen-bond donors (Lipinski definition) is 1. The number of rotatable bonds is 4. The van der Waals surface area contributed by atoms with E-state index in [1.165, 1.54) is 24.1 Å². The molecule has 0 aromatic carbocycles. The third kappa shape index (κ3) is 2.49. The van der Waals surface area contributed by atoms with Crippen LogP contribution in [0.5, 0.6) is 0 Å². The molecule has 0 bridgehead atoms. The van der Waals surface area contributed by atoms with Gasteiger partial charge in [0.1, 0.15) is 0 Å². The third-order valence-corrected chi connectivity index (χ3v) is 3.61. The molecule has 2 rings (SSSR count). The summed E-state index contributed by atoms with van der Waals surface area (Å²) in [5, 5.41) is 3.30. The molecule has 0 amide bonds. The summed E-state index contributed by atoms with van der Waals surface area (Å²) in [6.45, 7) is 3.77. The number of nitrogens with zero attached hydrogens (tertiary/aromatic N) is 2. The van der Waals surface area contributed by atoms with Gasteiger partial charge in [0, 0.05) is 32.4 Å². The Morgan fingerprint density at radius 1 is 1.35 bits per heavy atom. The fourth-order valence-electron chi connectivity index (χ4n) is 2.02. The Hall–Kier alpha value is -1.36. The van der Waals surface area contributed by atoms with Crippen molar-refractivity contribution in [3.8, 4) is 0 Å². The first-order valence-electron chi connectivity index (χ1n) is 5.97. The van der Waals surface area contributed by atoms with E-state index in [2.05, 4.69) is 12.2 Å². The minimum atomic E-state index is -0.269. The topological polar surface area (TPSA) is 56.0 Å². The summed E-state index contributed by atoms with van der Waals surface area (Å²) in [6, 6.07) is 1.52. The highest BCUT2D eigenvalue weighted by atomic mass is 16.2. The van der Waals surface area contributed by atoms with E-state index < -0.39 is 0 Å². The van der Waals surface area contributed by atoms with Crippen LogP contribution in [0.4, 0.5) is 0 Å². The van der Waals surface area contributed by atoms with Gasteiger partial charge < -0.3 is 5.32 Å². The number of hydrogen-bond acceptors (Lipinski definition) is 3. The maximum atomic E-state index is 11.7. The van der Waals surface area contributed by atoms with Gasteiger partial charge in [0.25, 0.3) is 5.56 Å². The second-order valence-electron chi connectivity index (χ2n) is 4.98. The Morgan fingerprint density at radius 2 is 2.00 bits per heavy atom. The van der Waals surface area contributed by atoms with Gasteiger partial charge in [-0.05, 0) is 24.8 Å². The van der Waals surface area contributed by atoms with Gasteiger partial charge in [-0.25, -0.2) is 4.79 Å². The monoisotopic (exact) mass is 237 g/mol. The molecule has 0 radical (unpaired) electrons. The van der Waals surface area contributed by atoms with E-state index >= 15 is 0 Å². The van der Waals surface area contributed by atoms with E-state index in [0.29, 0.717) is 6.54 Å². The van der Waals surface area contributed by atoms with E-state index in [1.807, 2.05) is 0 Å². The molecule has 0 saturated heterocycles. The Morgan fingerprint density at radius 3 is 2.59 bits per heavy atom. The van der Waals surface area contributed by atoms with E-state index in [1.54, 1.807) is 7.05 Å². The lowest BCUT2D eigenvalue weighted by Gasteiger charge is -2.10. The molecule has 1 aromatic rings. The van der Waals surface area contributed by atoms with Crippen LogP contribution in [0.3, 0.4) is 0 Å². The van der Waals surface area contributed by atoms with Crippen molar-refractivity contribution in [2.75, 3.05) is 6.54 Å². The molecule has 0 aliphatic heterocycles. The summed E-state index contributed by atoms with van der Waals surface area (Å²) in [5.74, 6) is 1.58. The average molecular weight is 237 g/mol. The fraction of sp³-hybridized carbons (Fsp3) is 0.667.